The Morgan fingerprint density at radius 3 is 2.14 bits per heavy atom. The molecule has 0 saturated heterocycles. The normalized spacial score (nSPS) is 12.0. The van der Waals surface area contributed by atoms with Gasteiger partial charge in [-0.3, -0.25) is 4.72 Å². The number of anilines is 1. The van der Waals surface area contributed by atoms with Crippen LogP contribution in [0.3, 0.4) is 0 Å². The molecule has 0 bridgehead atoms. The summed E-state index contributed by atoms with van der Waals surface area (Å²) in [5.74, 6) is 0.358. The van der Waals surface area contributed by atoms with Gasteiger partial charge in [0.2, 0.25) is 0 Å². The summed E-state index contributed by atoms with van der Waals surface area (Å²) in [6.45, 7) is 3.01. The molecule has 3 aromatic rings. The Balaban J connectivity index is 2.09. The van der Waals surface area contributed by atoms with Gasteiger partial charge in [-0.15, -0.1) is 0 Å². The number of nitrogens with zero attached hydrogens (tertiary/aromatic N) is 1. The lowest BCUT2D eigenvalue weighted by atomic mass is 10.3. The van der Waals surface area contributed by atoms with Gasteiger partial charge in [0.05, 0.1) is 23.4 Å². The minimum atomic E-state index is -4.04. The molecule has 7 nitrogen and oxygen atoms in total. The summed E-state index contributed by atoms with van der Waals surface area (Å²) in [6.07, 6.45) is 0. The van der Waals surface area contributed by atoms with Crippen molar-refractivity contribution >= 4 is 25.7 Å². The lowest BCUT2D eigenvalue weighted by Gasteiger charge is -2.13. The van der Waals surface area contributed by atoms with Crippen molar-refractivity contribution in [3.8, 4) is 5.75 Å². The van der Waals surface area contributed by atoms with Crippen LogP contribution >= 0.6 is 0 Å². The van der Waals surface area contributed by atoms with E-state index in [1.54, 1.807) is 49.4 Å². The average Bonchev–Trinajstić information content (AvgIpc) is 2.98. The fourth-order valence-electron chi connectivity index (χ4n) is 2.99. The molecular weight excluding hydrogens is 400 g/mol. The summed E-state index contributed by atoms with van der Waals surface area (Å²) in [5.41, 5.74) is 0.659. The van der Waals surface area contributed by atoms with Crippen LogP contribution in [0.1, 0.15) is 11.4 Å². The zero-order valence-corrected chi connectivity index (χ0v) is 17.2. The third-order valence-corrected chi connectivity index (χ3v) is 7.64. The molecule has 0 fully saturated rings. The van der Waals surface area contributed by atoms with Gasteiger partial charge in [-0.05, 0) is 44.2 Å². The predicted molar refractivity (Wildman–Crippen MR) is 107 cm³/mol. The first-order valence-corrected chi connectivity index (χ1v) is 11.3. The van der Waals surface area contributed by atoms with Gasteiger partial charge >= 0.3 is 0 Å². The molecule has 1 heterocycles. The summed E-state index contributed by atoms with van der Waals surface area (Å²) in [6, 6.07) is 15.8. The Hall–Kier alpha value is -2.78. The molecule has 148 valence electrons. The van der Waals surface area contributed by atoms with Crippen molar-refractivity contribution in [1.82, 2.24) is 3.97 Å². The van der Waals surface area contributed by atoms with E-state index in [9.17, 15) is 16.8 Å². The highest BCUT2D eigenvalue weighted by atomic mass is 32.2. The monoisotopic (exact) mass is 420 g/mol. The van der Waals surface area contributed by atoms with Gasteiger partial charge in [-0.1, -0.05) is 30.3 Å². The summed E-state index contributed by atoms with van der Waals surface area (Å²) in [5, 5.41) is 0. The SMILES string of the molecule is COc1ccccc1NS(=O)(=O)c1cc(C)n(S(=O)(=O)c2ccccc2)c1C. The van der Waals surface area contributed by atoms with E-state index in [4.69, 9.17) is 4.74 Å². The number of nitrogens with one attached hydrogen (secondary N) is 1. The number of methoxy groups -OCH3 is 1. The standard InChI is InChI=1S/C19H20N2O5S2/c1-14-13-19(27(22,23)20-17-11-7-8-12-18(17)26-3)15(2)21(14)28(24,25)16-9-5-4-6-10-16/h4-13,20H,1-3H3. The van der Waals surface area contributed by atoms with Crippen molar-refractivity contribution in [2.24, 2.45) is 0 Å². The number of aromatic nitrogens is 1. The molecule has 0 amide bonds. The van der Waals surface area contributed by atoms with Crippen LogP contribution in [-0.2, 0) is 20.0 Å². The van der Waals surface area contributed by atoms with Crippen molar-refractivity contribution in [3.63, 3.8) is 0 Å². The van der Waals surface area contributed by atoms with Gasteiger partial charge in [0.15, 0.2) is 0 Å². The van der Waals surface area contributed by atoms with Crippen LogP contribution in [0, 0.1) is 13.8 Å². The summed E-state index contributed by atoms with van der Waals surface area (Å²) < 4.78 is 60.6. The first-order chi connectivity index (χ1) is 13.2. The summed E-state index contributed by atoms with van der Waals surface area (Å²) in [7, 11) is -6.53. The van der Waals surface area contributed by atoms with E-state index >= 15 is 0 Å². The van der Waals surface area contributed by atoms with E-state index in [-0.39, 0.29) is 21.2 Å². The first-order valence-electron chi connectivity index (χ1n) is 8.34. The number of sulfonamides is 1. The summed E-state index contributed by atoms with van der Waals surface area (Å²) >= 11 is 0. The van der Waals surface area contributed by atoms with Crippen LogP contribution in [0.15, 0.2) is 70.5 Å². The number of ether oxygens (including phenoxy) is 1. The van der Waals surface area contributed by atoms with E-state index < -0.39 is 20.0 Å². The minimum Gasteiger partial charge on any atom is -0.495 e. The van der Waals surface area contributed by atoms with Crippen molar-refractivity contribution in [3.05, 3.63) is 72.1 Å². The Morgan fingerprint density at radius 1 is 0.893 bits per heavy atom. The molecule has 0 aliphatic carbocycles. The molecule has 1 N–H and O–H groups in total. The second kappa shape index (κ2) is 7.33. The number of rotatable bonds is 6. The fraction of sp³-hybridized carbons (Fsp3) is 0.158. The zero-order chi connectivity index (χ0) is 20.5. The predicted octanol–water partition coefficient (Wildman–Crippen LogP) is 3.15. The molecule has 28 heavy (non-hydrogen) atoms. The van der Waals surface area contributed by atoms with Crippen LogP contribution in [0.25, 0.3) is 0 Å². The molecule has 1 aromatic heterocycles. The maximum atomic E-state index is 13.0. The Kier molecular flexibility index (Phi) is 5.22. The smallest absolute Gasteiger partial charge is 0.268 e. The van der Waals surface area contributed by atoms with Gasteiger partial charge in [-0.2, -0.15) is 0 Å². The second-order valence-electron chi connectivity index (χ2n) is 6.12. The second-order valence-corrected chi connectivity index (χ2v) is 9.56. The lowest BCUT2D eigenvalue weighted by Crippen LogP contribution is -2.18. The van der Waals surface area contributed by atoms with E-state index in [0.717, 1.165) is 3.97 Å². The first kappa shape index (κ1) is 20.0. The van der Waals surface area contributed by atoms with E-state index in [0.29, 0.717) is 11.4 Å². The van der Waals surface area contributed by atoms with Crippen molar-refractivity contribution in [2.75, 3.05) is 11.8 Å². The van der Waals surface area contributed by atoms with Gasteiger partial charge < -0.3 is 4.74 Å². The number of hydrogen-bond donors (Lipinski definition) is 1. The molecule has 3 rings (SSSR count). The van der Waals surface area contributed by atoms with Crippen LogP contribution in [0.2, 0.25) is 0 Å². The highest BCUT2D eigenvalue weighted by molar-refractivity contribution is 7.93. The number of hydrogen-bond acceptors (Lipinski definition) is 5. The molecule has 0 radical (unpaired) electrons. The highest BCUT2D eigenvalue weighted by Crippen LogP contribution is 2.30. The van der Waals surface area contributed by atoms with Crippen molar-refractivity contribution in [1.29, 1.82) is 0 Å². The van der Waals surface area contributed by atoms with Gasteiger partial charge in [0.25, 0.3) is 20.0 Å². The number of para-hydroxylation sites is 2. The van der Waals surface area contributed by atoms with Gasteiger partial charge in [-0.25, -0.2) is 20.8 Å². The van der Waals surface area contributed by atoms with Crippen LogP contribution in [-0.4, -0.2) is 27.9 Å². The molecule has 0 atom stereocenters. The lowest BCUT2D eigenvalue weighted by molar-refractivity contribution is 0.417. The van der Waals surface area contributed by atoms with Crippen LogP contribution in [0.5, 0.6) is 5.75 Å². The molecule has 0 spiro atoms. The maximum Gasteiger partial charge on any atom is 0.268 e. The van der Waals surface area contributed by atoms with Crippen molar-refractivity contribution in [2.45, 2.75) is 23.6 Å². The van der Waals surface area contributed by atoms with E-state index in [1.165, 1.54) is 32.2 Å². The average molecular weight is 421 g/mol. The van der Waals surface area contributed by atoms with Gasteiger partial charge in [0, 0.05) is 5.69 Å². The number of benzene rings is 2. The van der Waals surface area contributed by atoms with Crippen molar-refractivity contribution < 1.29 is 21.6 Å². The Bertz CT molecular complexity index is 1210. The molecule has 9 heteroatoms. The zero-order valence-electron chi connectivity index (χ0n) is 15.6. The molecule has 0 aliphatic heterocycles. The molecule has 0 aliphatic rings. The maximum absolute atomic E-state index is 13.0. The van der Waals surface area contributed by atoms with E-state index in [2.05, 4.69) is 4.72 Å². The largest absolute Gasteiger partial charge is 0.495 e. The van der Waals surface area contributed by atoms with Crippen LogP contribution in [0.4, 0.5) is 5.69 Å². The Morgan fingerprint density at radius 2 is 1.50 bits per heavy atom. The minimum absolute atomic E-state index is 0.0819. The topological polar surface area (TPSA) is 94.5 Å². The third-order valence-electron chi connectivity index (χ3n) is 4.24. The van der Waals surface area contributed by atoms with Gasteiger partial charge in [0.1, 0.15) is 10.6 Å². The molecule has 0 unspecified atom stereocenters. The quantitative estimate of drug-likeness (QED) is 0.661. The van der Waals surface area contributed by atoms with Crippen LogP contribution < -0.4 is 9.46 Å². The summed E-state index contributed by atoms with van der Waals surface area (Å²) in [4.78, 5) is -0.0335. The number of aryl methyl sites for hydroxylation is 1. The fourth-order valence-corrected chi connectivity index (χ4v) is 6.02. The molecule has 0 saturated carbocycles. The highest BCUT2D eigenvalue weighted by Gasteiger charge is 2.28. The third kappa shape index (κ3) is 3.50. The molecule has 2 aromatic carbocycles. The Labute approximate surface area is 164 Å². The van der Waals surface area contributed by atoms with E-state index in [1.807, 2.05) is 0 Å². The molecular formula is C19H20N2O5S2.